The van der Waals surface area contributed by atoms with Crippen molar-refractivity contribution >= 4 is 32.7 Å². The van der Waals surface area contributed by atoms with Crippen molar-refractivity contribution in [2.75, 3.05) is 0 Å². The van der Waals surface area contributed by atoms with Crippen LogP contribution >= 0.6 is 0 Å². The number of nitrogens with zero attached hydrogens (tertiary/aromatic N) is 2. The van der Waals surface area contributed by atoms with E-state index in [1.54, 1.807) is 0 Å². The second-order valence-corrected chi connectivity index (χ2v) is 13.4. The van der Waals surface area contributed by atoms with E-state index in [2.05, 4.69) is 164 Å². The fraction of sp³-hybridized carbons (Fsp3) is 0. The van der Waals surface area contributed by atoms with Crippen LogP contribution in [0.15, 0.2) is 199 Å². The van der Waals surface area contributed by atoms with E-state index in [0.717, 1.165) is 77.7 Å². The van der Waals surface area contributed by atoms with Crippen molar-refractivity contribution in [3.63, 3.8) is 0 Å². The number of furan rings is 1. The summed E-state index contributed by atoms with van der Waals surface area (Å²) in [5, 5.41) is 4.54. The predicted molar refractivity (Wildman–Crippen MR) is 219 cm³/mol. The summed E-state index contributed by atoms with van der Waals surface area (Å²) >= 11 is 0. The number of para-hydroxylation sites is 2. The summed E-state index contributed by atoms with van der Waals surface area (Å²) in [7, 11) is 0. The minimum atomic E-state index is 0.685. The van der Waals surface area contributed by atoms with Gasteiger partial charge in [-0.2, -0.15) is 0 Å². The van der Waals surface area contributed by atoms with Crippen molar-refractivity contribution < 1.29 is 4.42 Å². The zero-order chi connectivity index (χ0) is 35.1. The van der Waals surface area contributed by atoms with Crippen LogP contribution in [0.1, 0.15) is 0 Å². The van der Waals surface area contributed by atoms with E-state index >= 15 is 0 Å². The molecule has 2 aromatic heterocycles. The Bertz CT molecular complexity index is 2920. The van der Waals surface area contributed by atoms with Gasteiger partial charge >= 0.3 is 0 Å². The van der Waals surface area contributed by atoms with Crippen LogP contribution < -0.4 is 0 Å². The van der Waals surface area contributed by atoms with E-state index in [1.165, 1.54) is 16.5 Å². The maximum atomic E-state index is 6.56. The van der Waals surface area contributed by atoms with Crippen LogP contribution in [0, 0.1) is 0 Å². The Kier molecular flexibility index (Phi) is 7.47. The van der Waals surface area contributed by atoms with Gasteiger partial charge in [0, 0.05) is 33.0 Å². The Morgan fingerprint density at radius 1 is 0.321 bits per heavy atom. The molecule has 0 aliphatic rings. The summed E-state index contributed by atoms with van der Waals surface area (Å²) in [5.41, 5.74) is 13.2. The number of hydrogen-bond donors (Lipinski definition) is 0. The molecule has 2 heterocycles. The maximum absolute atomic E-state index is 6.56. The molecule has 8 aromatic carbocycles. The number of fused-ring (bicyclic) bond motifs is 4. The van der Waals surface area contributed by atoms with E-state index in [9.17, 15) is 0 Å². The summed E-state index contributed by atoms with van der Waals surface area (Å²) in [6.07, 6.45) is 0. The molecule has 3 nitrogen and oxygen atoms in total. The lowest BCUT2D eigenvalue weighted by molar-refractivity contribution is 0.670. The molecule has 248 valence electrons. The van der Waals surface area contributed by atoms with E-state index in [-0.39, 0.29) is 0 Å². The molecule has 0 unspecified atom stereocenters. The highest BCUT2D eigenvalue weighted by atomic mass is 16.3. The first kappa shape index (κ1) is 30.7. The Morgan fingerprint density at radius 3 is 1.68 bits per heavy atom. The van der Waals surface area contributed by atoms with Crippen LogP contribution in [0.2, 0.25) is 0 Å². The molecule has 10 aromatic rings. The fourth-order valence-corrected chi connectivity index (χ4v) is 7.46. The van der Waals surface area contributed by atoms with Gasteiger partial charge in [0.1, 0.15) is 11.2 Å². The van der Waals surface area contributed by atoms with Gasteiger partial charge in [0.25, 0.3) is 0 Å². The first-order valence-corrected chi connectivity index (χ1v) is 17.9. The molecule has 0 radical (unpaired) electrons. The number of benzene rings is 8. The largest absolute Gasteiger partial charge is 0.455 e. The molecular weight excluding hydrogens is 645 g/mol. The Balaban J connectivity index is 1.21. The average Bonchev–Trinajstić information content (AvgIpc) is 3.63. The van der Waals surface area contributed by atoms with Gasteiger partial charge in [-0.15, -0.1) is 0 Å². The van der Waals surface area contributed by atoms with Gasteiger partial charge in [0.05, 0.1) is 11.4 Å². The molecule has 0 atom stereocenters. The lowest BCUT2D eigenvalue weighted by Gasteiger charge is -2.14. The highest BCUT2D eigenvalue weighted by Crippen LogP contribution is 2.40. The third-order valence-electron chi connectivity index (χ3n) is 10.1. The molecule has 0 aliphatic heterocycles. The molecule has 10 rings (SSSR count). The topological polar surface area (TPSA) is 38.9 Å². The highest BCUT2D eigenvalue weighted by Gasteiger charge is 2.17. The van der Waals surface area contributed by atoms with Crippen molar-refractivity contribution in [2.24, 2.45) is 0 Å². The van der Waals surface area contributed by atoms with Crippen LogP contribution in [-0.2, 0) is 0 Å². The molecular formula is C50H32N2O. The van der Waals surface area contributed by atoms with Gasteiger partial charge in [0.2, 0.25) is 0 Å². The van der Waals surface area contributed by atoms with E-state index in [0.29, 0.717) is 5.82 Å². The Labute approximate surface area is 307 Å². The third kappa shape index (κ3) is 5.65. The van der Waals surface area contributed by atoms with Crippen LogP contribution in [0.25, 0.3) is 100.0 Å². The third-order valence-corrected chi connectivity index (χ3v) is 10.1. The molecule has 53 heavy (non-hydrogen) atoms. The van der Waals surface area contributed by atoms with E-state index in [4.69, 9.17) is 14.4 Å². The minimum absolute atomic E-state index is 0.685. The highest BCUT2D eigenvalue weighted by molar-refractivity contribution is 6.10. The monoisotopic (exact) mass is 676 g/mol. The predicted octanol–water partition coefficient (Wildman–Crippen LogP) is 13.5. The van der Waals surface area contributed by atoms with Gasteiger partial charge in [-0.3, -0.25) is 0 Å². The van der Waals surface area contributed by atoms with Crippen LogP contribution in [0.5, 0.6) is 0 Å². The van der Waals surface area contributed by atoms with Crippen LogP contribution in [-0.4, -0.2) is 9.97 Å². The fourth-order valence-electron chi connectivity index (χ4n) is 7.46. The zero-order valence-electron chi connectivity index (χ0n) is 28.8. The molecule has 0 amide bonds. The number of rotatable bonds is 6. The number of aromatic nitrogens is 2. The maximum Gasteiger partial charge on any atom is 0.160 e. The van der Waals surface area contributed by atoms with Gasteiger partial charge in [0.15, 0.2) is 5.82 Å². The lowest BCUT2D eigenvalue weighted by atomic mass is 9.92. The molecule has 0 aliphatic carbocycles. The van der Waals surface area contributed by atoms with Gasteiger partial charge in [-0.25, -0.2) is 9.97 Å². The normalized spacial score (nSPS) is 11.4. The van der Waals surface area contributed by atoms with Crippen molar-refractivity contribution in [1.29, 1.82) is 0 Å². The minimum Gasteiger partial charge on any atom is -0.455 e. The Hall–Kier alpha value is -7.10. The smallest absolute Gasteiger partial charge is 0.160 e. The van der Waals surface area contributed by atoms with E-state index < -0.39 is 0 Å². The summed E-state index contributed by atoms with van der Waals surface area (Å²) in [4.78, 5) is 10.5. The average molecular weight is 677 g/mol. The molecule has 0 spiro atoms. The van der Waals surface area contributed by atoms with Crippen molar-refractivity contribution in [2.45, 2.75) is 0 Å². The first-order chi connectivity index (χ1) is 26.2. The molecule has 0 N–H and O–H groups in total. The number of hydrogen-bond acceptors (Lipinski definition) is 3. The second-order valence-electron chi connectivity index (χ2n) is 13.4. The van der Waals surface area contributed by atoms with Crippen LogP contribution in [0.4, 0.5) is 0 Å². The SMILES string of the molecule is c1ccc(-c2ccc(-c3cc(-c4cc(-c5cccc6ccccc56)nc(-c5ccccc5)n4)cc(-c4cccc5c4oc4ccccc45)c3)cc2)cc1. The van der Waals surface area contributed by atoms with Crippen molar-refractivity contribution in [3.8, 4) is 67.3 Å². The standard InChI is InChI=1S/C50H32N2O/c1-3-13-33(14-4-1)34-25-27-35(28-26-34)38-29-39(42-21-12-23-45-44-20-9-10-24-48(44)53-49(42)45)31-40(30-38)46-32-47(52-50(51-46)37-16-5-2-6-17-37)43-22-11-18-36-15-7-8-19-41(36)43/h1-32H. The zero-order valence-corrected chi connectivity index (χ0v) is 28.8. The molecule has 0 saturated carbocycles. The molecule has 0 fully saturated rings. The summed E-state index contributed by atoms with van der Waals surface area (Å²) in [6, 6.07) is 68.0. The van der Waals surface area contributed by atoms with E-state index in [1.807, 2.05) is 30.3 Å². The van der Waals surface area contributed by atoms with Gasteiger partial charge in [-0.1, -0.05) is 164 Å². The quantitative estimate of drug-likeness (QED) is 0.176. The summed E-state index contributed by atoms with van der Waals surface area (Å²) in [6.45, 7) is 0. The lowest BCUT2D eigenvalue weighted by Crippen LogP contribution is -1.97. The summed E-state index contributed by atoms with van der Waals surface area (Å²) < 4.78 is 6.56. The summed E-state index contributed by atoms with van der Waals surface area (Å²) in [5.74, 6) is 0.685. The van der Waals surface area contributed by atoms with Gasteiger partial charge in [-0.05, 0) is 68.9 Å². The van der Waals surface area contributed by atoms with Crippen LogP contribution in [0.3, 0.4) is 0 Å². The Morgan fingerprint density at radius 2 is 0.868 bits per heavy atom. The van der Waals surface area contributed by atoms with Crippen molar-refractivity contribution in [1.82, 2.24) is 9.97 Å². The molecule has 3 heteroatoms. The molecule has 0 bridgehead atoms. The molecule has 0 saturated heterocycles. The first-order valence-electron chi connectivity index (χ1n) is 17.9. The second kappa shape index (κ2) is 12.9. The van der Waals surface area contributed by atoms with Gasteiger partial charge < -0.3 is 4.42 Å². The van der Waals surface area contributed by atoms with Crippen molar-refractivity contribution in [3.05, 3.63) is 194 Å².